The SMILES string of the molecule is O=C(NCC1CN(c2ccc(C3CC3)nn2)C1)NC1CCCCCC1. The van der Waals surface area contributed by atoms with Gasteiger partial charge in [-0.3, -0.25) is 0 Å². The van der Waals surface area contributed by atoms with E-state index >= 15 is 0 Å². The third-order valence-corrected chi connectivity index (χ3v) is 5.69. The van der Waals surface area contributed by atoms with Crippen LogP contribution >= 0.6 is 0 Å². The van der Waals surface area contributed by atoms with Crippen molar-refractivity contribution >= 4 is 11.8 Å². The second kappa shape index (κ2) is 7.58. The number of nitrogens with zero attached hydrogens (tertiary/aromatic N) is 3. The van der Waals surface area contributed by atoms with Crippen LogP contribution in [0.25, 0.3) is 0 Å². The number of amides is 2. The number of carbonyl (C=O) groups excluding carboxylic acids is 1. The van der Waals surface area contributed by atoms with Crippen molar-refractivity contribution in [3.63, 3.8) is 0 Å². The number of hydrogen-bond acceptors (Lipinski definition) is 4. The van der Waals surface area contributed by atoms with Crippen LogP contribution in [-0.2, 0) is 0 Å². The van der Waals surface area contributed by atoms with Crippen molar-refractivity contribution < 1.29 is 4.79 Å². The van der Waals surface area contributed by atoms with Gasteiger partial charge in [-0.25, -0.2) is 4.79 Å². The zero-order valence-corrected chi connectivity index (χ0v) is 14.9. The van der Waals surface area contributed by atoms with E-state index < -0.39 is 0 Å². The zero-order valence-electron chi connectivity index (χ0n) is 14.9. The summed E-state index contributed by atoms with van der Waals surface area (Å²) in [6.07, 6.45) is 9.86. The van der Waals surface area contributed by atoms with E-state index in [1.807, 2.05) is 0 Å². The number of carbonyl (C=O) groups is 1. The highest BCUT2D eigenvalue weighted by Crippen LogP contribution is 2.38. The molecule has 0 bridgehead atoms. The minimum absolute atomic E-state index is 0.000993. The maximum absolute atomic E-state index is 12.1. The topological polar surface area (TPSA) is 70.2 Å². The Morgan fingerprint density at radius 1 is 1.04 bits per heavy atom. The molecule has 2 saturated carbocycles. The summed E-state index contributed by atoms with van der Waals surface area (Å²) in [6, 6.07) is 4.56. The van der Waals surface area contributed by atoms with Crippen LogP contribution in [0.5, 0.6) is 0 Å². The van der Waals surface area contributed by atoms with Crippen molar-refractivity contribution in [3.8, 4) is 0 Å². The van der Waals surface area contributed by atoms with Crippen LogP contribution in [0, 0.1) is 5.92 Å². The molecule has 2 amide bonds. The molecule has 1 aromatic heterocycles. The largest absolute Gasteiger partial charge is 0.354 e. The van der Waals surface area contributed by atoms with Crippen LogP contribution in [0.4, 0.5) is 10.6 Å². The van der Waals surface area contributed by atoms with Gasteiger partial charge in [-0.1, -0.05) is 25.7 Å². The standard InChI is InChI=1S/C19H29N5O/c25-19(21-16-5-3-1-2-4-6-16)20-11-14-12-24(13-14)18-10-9-17(22-23-18)15-7-8-15/h9-10,14-16H,1-8,11-13H2,(H2,20,21,25). The monoisotopic (exact) mass is 343 g/mol. The predicted molar refractivity (Wildman–Crippen MR) is 97.7 cm³/mol. The molecule has 2 aliphatic carbocycles. The lowest BCUT2D eigenvalue weighted by atomic mass is 10.0. The Morgan fingerprint density at radius 3 is 2.44 bits per heavy atom. The molecule has 25 heavy (non-hydrogen) atoms. The Bertz CT molecular complexity index is 572. The van der Waals surface area contributed by atoms with Gasteiger partial charge in [0.05, 0.1) is 5.69 Å². The van der Waals surface area contributed by atoms with Crippen molar-refractivity contribution in [1.82, 2.24) is 20.8 Å². The fraction of sp³-hybridized carbons (Fsp3) is 0.737. The van der Waals surface area contributed by atoms with Gasteiger partial charge in [-0.05, 0) is 37.8 Å². The summed E-state index contributed by atoms with van der Waals surface area (Å²) in [4.78, 5) is 14.3. The molecule has 0 atom stereocenters. The van der Waals surface area contributed by atoms with Gasteiger partial charge < -0.3 is 15.5 Å². The van der Waals surface area contributed by atoms with Gasteiger partial charge in [0.15, 0.2) is 5.82 Å². The van der Waals surface area contributed by atoms with E-state index in [2.05, 4.69) is 37.9 Å². The molecule has 2 N–H and O–H groups in total. The summed E-state index contributed by atoms with van der Waals surface area (Å²) in [7, 11) is 0. The quantitative estimate of drug-likeness (QED) is 0.807. The van der Waals surface area contributed by atoms with Gasteiger partial charge in [0.1, 0.15) is 0 Å². The van der Waals surface area contributed by atoms with E-state index in [9.17, 15) is 4.79 Å². The van der Waals surface area contributed by atoms with Crippen molar-refractivity contribution in [1.29, 1.82) is 0 Å². The number of anilines is 1. The molecule has 0 aromatic carbocycles. The summed E-state index contributed by atoms with van der Waals surface area (Å²) >= 11 is 0. The second-order valence-corrected chi connectivity index (χ2v) is 7.90. The van der Waals surface area contributed by atoms with E-state index in [0.717, 1.165) is 44.0 Å². The first-order valence-electron chi connectivity index (χ1n) is 9.91. The van der Waals surface area contributed by atoms with E-state index in [0.29, 0.717) is 17.9 Å². The lowest BCUT2D eigenvalue weighted by Crippen LogP contribution is -2.53. The minimum atomic E-state index is -0.000993. The molecule has 1 aromatic rings. The molecule has 4 rings (SSSR count). The lowest BCUT2D eigenvalue weighted by molar-refractivity contribution is 0.232. The molecule has 3 fully saturated rings. The molecule has 136 valence electrons. The highest BCUT2D eigenvalue weighted by atomic mass is 16.2. The number of urea groups is 1. The van der Waals surface area contributed by atoms with E-state index in [4.69, 9.17) is 0 Å². The first kappa shape index (κ1) is 16.6. The van der Waals surface area contributed by atoms with Gasteiger partial charge in [-0.2, -0.15) is 5.10 Å². The summed E-state index contributed by atoms with van der Waals surface area (Å²) in [5.74, 6) is 2.12. The third kappa shape index (κ3) is 4.41. The molecule has 3 aliphatic rings. The Labute approximate surface area is 149 Å². The Morgan fingerprint density at radius 2 is 1.80 bits per heavy atom. The number of aromatic nitrogens is 2. The predicted octanol–water partition coefficient (Wildman–Crippen LogP) is 2.81. The molecule has 6 nitrogen and oxygen atoms in total. The van der Waals surface area contributed by atoms with Gasteiger partial charge in [0.2, 0.25) is 0 Å². The van der Waals surface area contributed by atoms with Gasteiger partial charge in [-0.15, -0.1) is 5.10 Å². The molecular formula is C19H29N5O. The highest BCUT2D eigenvalue weighted by Gasteiger charge is 2.30. The van der Waals surface area contributed by atoms with Crippen LogP contribution in [0.2, 0.25) is 0 Å². The van der Waals surface area contributed by atoms with E-state index in [-0.39, 0.29) is 6.03 Å². The average Bonchev–Trinajstić information content (AvgIpc) is 3.42. The Hall–Kier alpha value is -1.85. The second-order valence-electron chi connectivity index (χ2n) is 7.90. The average molecular weight is 343 g/mol. The molecule has 0 radical (unpaired) electrons. The van der Waals surface area contributed by atoms with Crippen LogP contribution in [0.3, 0.4) is 0 Å². The maximum Gasteiger partial charge on any atom is 0.315 e. The molecule has 0 spiro atoms. The van der Waals surface area contributed by atoms with Crippen molar-refractivity contribution in [2.75, 3.05) is 24.5 Å². The third-order valence-electron chi connectivity index (χ3n) is 5.69. The van der Waals surface area contributed by atoms with Gasteiger partial charge in [0.25, 0.3) is 0 Å². The summed E-state index contributed by atoms with van der Waals surface area (Å²) in [5, 5.41) is 14.9. The lowest BCUT2D eigenvalue weighted by Gasteiger charge is -2.40. The first-order chi connectivity index (χ1) is 12.3. The highest BCUT2D eigenvalue weighted by molar-refractivity contribution is 5.74. The molecule has 2 heterocycles. The van der Waals surface area contributed by atoms with Gasteiger partial charge >= 0.3 is 6.03 Å². The smallest absolute Gasteiger partial charge is 0.315 e. The van der Waals surface area contributed by atoms with E-state index in [1.165, 1.54) is 38.5 Å². The molecule has 1 aliphatic heterocycles. The summed E-state index contributed by atoms with van der Waals surface area (Å²) in [6.45, 7) is 2.63. The van der Waals surface area contributed by atoms with Crippen molar-refractivity contribution in [2.45, 2.75) is 63.3 Å². The van der Waals surface area contributed by atoms with Crippen LogP contribution in [-0.4, -0.2) is 41.9 Å². The number of nitrogens with one attached hydrogen (secondary N) is 2. The molecule has 0 unspecified atom stereocenters. The zero-order chi connectivity index (χ0) is 17.1. The minimum Gasteiger partial charge on any atom is -0.354 e. The number of hydrogen-bond donors (Lipinski definition) is 2. The van der Waals surface area contributed by atoms with Crippen LogP contribution in [0.15, 0.2) is 12.1 Å². The number of rotatable bonds is 5. The summed E-state index contributed by atoms with van der Waals surface area (Å²) < 4.78 is 0. The molecular weight excluding hydrogens is 314 g/mol. The van der Waals surface area contributed by atoms with Crippen molar-refractivity contribution in [2.24, 2.45) is 5.92 Å². The Balaban J connectivity index is 1.15. The molecule has 1 saturated heterocycles. The summed E-state index contributed by atoms with van der Waals surface area (Å²) in [5.41, 5.74) is 1.14. The van der Waals surface area contributed by atoms with Crippen molar-refractivity contribution in [3.05, 3.63) is 17.8 Å². The van der Waals surface area contributed by atoms with Gasteiger partial charge in [0, 0.05) is 37.5 Å². The van der Waals surface area contributed by atoms with E-state index in [1.54, 1.807) is 0 Å². The first-order valence-corrected chi connectivity index (χ1v) is 9.91. The maximum atomic E-state index is 12.1. The van der Waals surface area contributed by atoms with Crippen LogP contribution < -0.4 is 15.5 Å². The fourth-order valence-corrected chi connectivity index (χ4v) is 3.88. The Kier molecular flexibility index (Phi) is 5.04. The van der Waals surface area contributed by atoms with Crippen LogP contribution in [0.1, 0.15) is 63.0 Å². The normalized spacial score (nSPS) is 22.2. The fourth-order valence-electron chi connectivity index (χ4n) is 3.88. The molecule has 6 heteroatoms.